The summed E-state index contributed by atoms with van der Waals surface area (Å²) < 4.78 is 0. The van der Waals surface area contributed by atoms with Gasteiger partial charge in [-0.25, -0.2) is 0 Å². The van der Waals surface area contributed by atoms with Crippen LogP contribution >= 0.6 is 0 Å². The van der Waals surface area contributed by atoms with Gasteiger partial charge in [0.25, 0.3) is 0 Å². The molecule has 0 spiro atoms. The Morgan fingerprint density at radius 1 is 0.842 bits per heavy atom. The van der Waals surface area contributed by atoms with Crippen molar-refractivity contribution in [3.8, 4) is 0 Å². The number of carbonyl (C=O) groups is 1. The van der Waals surface area contributed by atoms with E-state index in [9.17, 15) is 9.90 Å². The lowest BCUT2D eigenvalue weighted by Crippen LogP contribution is -2.19. The van der Waals surface area contributed by atoms with Crippen LogP contribution in [0, 0.1) is 5.92 Å². The largest absolute Gasteiger partial charge is 0.481 e. The first kappa shape index (κ1) is 14.9. The molecule has 0 unspecified atom stereocenters. The number of carboxylic acids is 1. The van der Waals surface area contributed by atoms with Crippen LogP contribution in [-0.4, -0.2) is 11.1 Å². The summed E-state index contributed by atoms with van der Waals surface area (Å²) in [5.74, 6) is -1.10. The minimum absolute atomic E-state index is 0. The Bertz CT molecular complexity index is 455. The maximum Gasteiger partial charge on any atom is 0.307 e. The Hall–Kier alpha value is -2.13. The van der Waals surface area contributed by atoms with E-state index in [1.165, 1.54) is 0 Å². The van der Waals surface area contributed by atoms with E-state index < -0.39 is 5.97 Å². The fraction of sp³-hybridized carbons (Fsp3) is 0.188. The van der Waals surface area contributed by atoms with E-state index in [2.05, 4.69) is 0 Å². The van der Waals surface area contributed by atoms with E-state index in [0.717, 1.165) is 11.1 Å². The topological polar surface area (TPSA) is 67.8 Å². The Morgan fingerprint density at radius 2 is 1.21 bits per heavy atom. The molecule has 1 N–H and O–H groups in total. The van der Waals surface area contributed by atoms with Gasteiger partial charge in [-0.2, -0.15) is 0 Å². The molecule has 0 saturated carbocycles. The first-order chi connectivity index (χ1) is 8.75. The zero-order chi connectivity index (χ0) is 12.8. The summed E-state index contributed by atoms with van der Waals surface area (Å²) in [6, 6.07) is 19.5. The molecule has 0 heterocycles. The molecular weight excluding hydrogens is 238 g/mol. The summed E-state index contributed by atoms with van der Waals surface area (Å²) in [4.78, 5) is 11.3. The predicted molar refractivity (Wildman–Crippen MR) is 73.6 cm³/mol. The third-order valence-corrected chi connectivity index (χ3v) is 3.00. The number of hydrogen-bond acceptors (Lipinski definition) is 1. The van der Waals surface area contributed by atoms with E-state index in [1.807, 2.05) is 60.7 Å². The van der Waals surface area contributed by atoms with Crippen molar-refractivity contribution >= 4 is 5.97 Å². The molecule has 0 amide bonds. The van der Waals surface area contributed by atoms with Crippen molar-refractivity contribution in [3.63, 3.8) is 0 Å². The zero-order valence-corrected chi connectivity index (χ0v) is 10.6. The Kier molecular flexibility index (Phi) is 5.76. The molecular formula is C16H16NO2. The average molecular weight is 254 g/mol. The summed E-state index contributed by atoms with van der Waals surface area (Å²) in [6.45, 7) is 0. The average Bonchev–Trinajstić information content (AvgIpc) is 2.40. The molecule has 97 valence electrons. The minimum Gasteiger partial charge on any atom is -0.481 e. The van der Waals surface area contributed by atoms with Crippen LogP contribution in [0.4, 0.5) is 0 Å². The lowest BCUT2D eigenvalue weighted by molar-refractivity contribution is -0.141. The number of aliphatic carboxylic acids is 1. The lowest BCUT2D eigenvalue weighted by Gasteiger charge is -2.12. The SMILES string of the molecule is O=C(O)C(Cc1ccccc1)Cc1ccccc1.[N]. The van der Waals surface area contributed by atoms with Crippen LogP contribution in [0.5, 0.6) is 0 Å². The fourth-order valence-electron chi connectivity index (χ4n) is 2.04. The van der Waals surface area contributed by atoms with Gasteiger partial charge in [0.15, 0.2) is 0 Å². The maximum atomic E-state index is 11.3. The number of benzene rings is 2. The zero-order valence-electron chi connectivity index (χ0n) is 10.6. The molecule has 19 heavy (non-hydrogen) atoms. The second kappa shape index (κ2) is 7.34. The molecule has 0 fully saturated rings. The van der Waals surface area contributed by atoms with Crippen molar-refractivity contribution in [2.24, 2.45) is 5.92 Å². The molecule has 0 aromatic heterocycles. The van der Waals surface area contributed by atoms with Gasteiger partial charge in [0.1, 0.15) is 0 Å². The lowest BCUT2D eigenvalue weighted by atomic mass is 9.93. The minimum atomic E-state index is -0.734. The van der Waals surface area contributed by atoms with Crippen molar-refractivity contribution in [2.75, 3.05) is 0 Å². The molecule has 0 aliphatic heterocycles. The molecule has 3 radical (unpaired) electrons. The number of hydrogen-bond donors (Lipinski definition) is 1. The van der Waals surface area contributed by atoms with Crippen LogP contribution in [0.3, 0.4) is 0 Å². The molecule has 2 rings (SSSR count). The third-order valence-electron chi connectivity index (χ3n) is 3.00. The molecule has 0 saturated heterocycles. The van der Waals surface area contributed by atoms with Gasteiger partial charge in [0.05, 0.1) is 5.92 Å². The summed E-state index contributed by atoms with van der Waals surface area (Å²) in [6.07, 6.45) is 1.15. The summed E-state index contributed by atoms with van der Waals surface area (Å²) >= 11 is 0. The summed E-state index contributed by atoms with van der Waals surface area (Å²) in [5, 5.41) is 9.30. The van der Waals surface area contributed by atoms with Gasteiger partial charge in [-0.05, 0) is 24.0 Å². The molecule has 2 aromatic rings. The molecule has 0 aliphatic carbocycles. The first-order valence-electron chi connectivity index (χ1n) is 6.06. The fourth-order valence-corrected chi connectivity index (χ4v) is 2.04. The van der Waals surface area contributed by atoms with Crippen LogP contribution < -0.4 is 6.15 Å². The first-order valence-corrected chi connectivity index (χ1v) is 6.06. The van der Waals surface area contributed by atoms with Crippen LogP contribution in [0.1, 0.15) is 11.1 Å². The molecule has 2 aromatic carbocycles. The van der Waals surface area contributed by atoms with Crippen molar-refractivity contribution in [2.45, 2.75) is 12.8 Å². The second-order valence-corrected chi connectivity index (χ2v) is 4.41. The molecule has 3 nitrogen and oxygen atoms in total. The van der Waals surface area contributed by atoms with Gasteiger partial charge < -0.3 is 5.11 Å². The van der Waals surface area contributed by atoms with Gasteiger partial charge in [0.2, 0.25) is 0 Å². The normalized spacial score (nSPS) is 9.95. The van der Waals surface area contributed by atoms with E-state index >= 15 is 0 Å². The Labute approximate surface area is 113 Å². The summed E-state index contributed by atoms with van der Waals surface area (Å²) in [5.41, 5.74) is 2.14. The van der Waals surface area contributed by atoms with Gasteiger partial charge in [0, 0.05) is 6.15 Å². The second-order valence-electron chi connectivity index (χ2n) is 4.41. The monoisotopic (exact) mass is 254 g/mol. The number of carboxylic acid groups (broad SMARTS) is 1. The van der Waals surface area contributed by atoms with Gasteiger partial charge in [-0.3, -0.25) is 4.79 Å². The van der Waals surface area contributed by atoms with Gasteiger partial charge >= 0.3 is 5.97 Å². The third kappa shape index (κ3) is 4.56. The highest BCUT2D eigenvalue weighted by Gasteiger charge is 2.18. The molecule has 3 heteroatoms. The van der Waals surface area contributed by atoms with E-state index in [4.69, 9.17) is 0 Å². The van der Waals surface area contributed by atoms with Crippen molar-refractivity contribution in [1.82, 2.24) is 6.15 Å². The quantitative estimate of drug-likeness (QED) is 0.891. The maximum absolute atomic E-state index is 11.3. The van der Waals surface area contributed by atoms with E-state index in [1.54, 1.807) is 0 Å². The highest BCUT2D eigenvalue weighted by Crippen LogP contribution is 2.15. The van der Waals surface area contributed by atoms with E-state index in [-0.39, 0.29) is 12.1 Å². The van der Waals surface area contributed by atoms with Gasteiger partial charge in [-0.1, -0.05) is 60.7 Å². The van der Waals surface area contributed by atoms with Crippen LogP contribution in [0.15, 0.2) is 60.7 Å². The van der Waals surface area contributed by atoms with E-state index in [0.29, 0.717) is 12.8 Å². The number of rotatable bonds is 5. The van der Waals surface area contributed by atoms with Crippen LogP contribution in [0.25, 0.3) is 0 Å². The van der Waals surface area contributed by atoms with Crippen LogP contribution in [0.2, 0.25) is 0 Å². The van der Waals surface area contributed by atoms with Crippen molar-refractivity contribution < 1.29 is 9.90 Å². The highest BCUT2D eigenvalue weighted by atomic mass is 16.4. The molecule has 0 aliphatic rings. The highest BCUT2D eigenvalue weighted by molar-refractivity contribution is 5.70. The van der Waals surface area contributed by atoms with Crippen molar-refractivity contribution in [3.05, 3.63) is 71.8 Å². The van der Waals surface area contributed by atoms with Crippen LogP contribution in [-0.2, 0) is 17.6 Å². The van der Waals surface area contributed by atoms with Gasteiger partial charge in [-0.15, -0.1) is 0 Å². The standard InChI is InChI=1S/C16H16O2.N/c17-16(18)15(11-13-7-3-1-4-8-13)12-14-9-5-2-6-10-14;/h1-10,15H,11-12H2,(H,17,18);. The smallest absolute Gasteiger partial charge is 0.307 e. The summed E-state index contributed by atoms with van der Waals surface area (Å²) in [7, 11) is 0. The Balaban J connectivity index is 0.00000180. The predicted octanol–water partition coefficient (Wildman–Crippen LogP) is 2.69. The molecule has 0 atom stereocenters. The Morgan fingerprint density at radius 3 is 1.53 bits per heavy atom. The van der Waals surface area contributed by atoms with Crippen molar-refractivity contribution in [1.29, 1.82) is 0 Å². The number of nitrogens with zero attached hydrogens (tertiary/aromatic N) is 1. The molecule has 0 bridgehead atoms.